The van der Waals surface area contributed by atoms with Gasteiger partial charge in [-0.2, -0.15) is 0 Å². The van der Waals surface area contributed by atoms with Crippen LogP contribution in [0.15, 0.2) is 42.5 Å². The number of hydrogen-bond donors (Lipinski definition) is 0. The SMILES string of the molecule is COC(=O)C[C@@H]1OCc2cccc(OC)c2[C@H]1c1cccc(OC)c1. The maximum absolute atomic E-state index is 11.9. The maximum atomic E-state index is 11.9. The Morgan fingerprint density at radius 3 is 2.64 bits per heavy atom. The summed E-state index contributed by atoms with van der Waals surface area (Å²) >= 11 is 0. The van der Waals surface area contributed by atoms with Crippen LogP contribution in [0.3, 0.4) is 0 Å². The van der Waals surface area contributed by atoms with Gasteiger partial charge in [0.2, 0.25) is 0 Å². The van der Waals surface area contributed by atoms with E-state index in [2.05, 4.69) is 0 Å². The quantitative estimate of drug-likeness (QED) is 0.781. The molecule has 25 heavy (non-hydrogen) atoms. The van der Waals surface area contributed by atoms with Crippen LogP contribution in [0.5, 0.6) is 11.5 Å². The molecule has 132 valence electrons. The van der Waals surface area contributed by atoms with E-state index in [1.807, 2.05) is 42.5 Å². The minimum Gasteiger partial charge on any atom is -0.497 e. The van der Waals surface area contributed by atoms with E-state index in [1.165, 1.54) is 7.11 Å². The predicted octanol–water partition coefficient (Wildman–Crippen LogP) is 3.30. The van der Waals surface area contributed by atoms with E-state index >= 15 is 0 Å². The molecule has 1 aliphatic rings. The fraction of sp³-hybridized carbons (Fsp3) is 0.350. The van der Waals surface area contributed by atoms with Crippen LogP contribution in [0.25, 0.3) is 0 Å². The highest BCUT2D eigenvalue weighted by molar-refractivity contribution is 5.70. The molecule has 2 aromatic carbocycles. The highest BCUT2D eigenvalue weighted by Crippen LogP contribution is 2.43. The molecule has 0 spiro atoms. The number of benzene rings is 2. The number of hydrogen-bond acceptors (Lipinski definition) is 5. The first-order chi connectivity index (χ1) is 12.2. The van der Waals surface area contributed by atoms with Gasteiger partial charge in [0, 0.05) is 11.5 Å². The lowest BCUT2D eigenvalue weighted by molar-refractivity contribution is -0.144. The number of ether oxygens (including phenoxy) is 4. The number of methoxy groups -OCH3 is 3. The van der Waals surface area contributed by atoms with Crippen LogP contribution in [0.1, 0.15) is 29.0 Å². The summed E-state index contributed by atoms with van der Waals surface area (Å²) in [7, 11) is 4.68. The van der Waals surface area contributed by atoms with Crippen LogP contribution < -0.4 is 9.47 Å². The van der Waals surface area contributed by atoms with Gasteiger partial charge < -0.3 is 18.9 Å². The molecule has 0 N–H and O–H groups in total. The fourth-order valence-corrected chi connectivity index (χ4v) is 3.37. The summed E-state index contributed by atoms with van der Waals surface area (Å²) in [5.41, 5.74) is 3.13. The molecule has 2 aromatic rings. The highest BCUT2D eigenvalue weighted by atomic mass is 16.5. The normalized spacial score (nSPS) is 19.0. The third-order valence-corrected chi connectivity index (χ3v) is 4.56. The van der Waals surface area contributed by atoms with E-state index in [4.69, 9.17) is 18.9 Å². The van der Waals surface area contributed by atoms with Crippen molar-refractivity contribution >= 4 is 5.97 Å². The molecule has 0 saturated carbocycles. The number of fused-ring (bicyclic) bond motifs is 1. The molecule has 2 atom stereocenters. The van der Waals surface area contributed by atoms with Gasteiger partial charge in [-0.1, -0.05) is 24.3 Å². The Hall–Kier alpha value is -2.53. The summed E-state index contributed by atoms with van der Waals surface area (Å²) < 4.78 is 21.8. The second-order valence-electron chi connectivity index (χ2n) is 5.92. The largest absolute Gasteiger partial charge is 0.497 e. The van der Waals surface area contributed by atoms with Gasteiger partial charge in [-0.3, -0.25) is 4.79 Å². The van der Waals surface area contributed by atoms with Gasteiger partial charge in [0.25, 0.3) is 0 Å². The number of carbonyl (C=O) groups is 1. The Morgan fingerprint density at radius 2 is 1.92 bits per heavy atom. The van der Waals surface area contributed by atoms with Crippen LogP contribution in [0, 0.1) is 0 Å². The number of rotatable bonds is 5. The third-order valence-electron chi connectivity index (χ3n) is 4.56. The lowest BCUT2D eigenvalue weighted by Gasteiger charge is -2.34. The lowest BCUT2D eigenvalue weighted by atomic mass is 9.80. The van der Waals surface area contributed by atoms with Crippen molar-refractivity contribution in [2.24, 2.45) is 0 Å². The van der Waals surface area contributed by atoms with Crippen molar-refractivity contribution in [2.45, 2.75) is 25.0 Å². The molecule has 5 nitrogen and oxygen atoms in total. The Morgan fingerprint density at radius 1 is 1.12 bits per heavy atom. The maximum Gasteiger partial charge on any atom is 0.308 e. The zero-order valence-electron chi connectivity index (χ0n) is 14.7. The molecule has 1 aliphatic heterocycles. The molecule has 1 heterocycles. The average molecular weight is 342 g/mol. The molecular weight excluding hydrogens is 320 g/mol. The summed E-state index contributed by atoms with van der Waals surface area (Å²) in [4.78, 5) is 11.9. The summed E-state index contributed by atoms with van der Waals surface area (Å²) in [5.74, 6) is 1.12. The first kappa shape index (κ1) is 17.3. The van der Waals surface area contributed by atoms with E-state index in [-0.39, 0.29) is 24.4 Å². The van der Waals surface area contributed by atoms with Crippen LogP contribution in [0.4, 0.5) is 0 Å². The van der Waals surface area contributed by atoms with Gasteiger partial charge in [0.05, 0.1) is 40.5 Å². The monoisotopic (exact) mass is 342 g/mol. The minimum absolute atomic E-state index is 0.144. The smallest absolute Gasteiger partial charge is 0.308 e. The second-order valence-corrected chi connectivity index (χ2v) is 5.92. The van der Waals surface area contributed by atoms with Crippen molar-refractivity contribution < 1.29 is 23.7 Å². The van der Waals surface area contributed by atoms with Gasteiger partial charge in [0.1, 0.15) is 11.5 Å². The van der Waals surface area contributed by atoms with E-state index in [0.717, 1.165) is 28.2 Å². The van der Waals surface area contributed by atoms with Crippen molar-refractivity contribution in [1.29, 1.82) is 0 Å². The molecule has 0 bridgehead atoms. The highest BCUT2D eigenvalue weighted by Gasteiger charge is 2.36. The lowest BCUT2D eigenvalue weighted by Crippen LogP contribution is -2.31. The molecule has 0 fully saturated rings. The zero-order chi connectivity index (χ0) is 17.8. The fourth-order valence-electron chi connectivity index (χ4n) is 3.37. The first-order valence-corrected chi connectivity index (χ1v) is 8.16. The summed E-state index contributed by atoms with van der Waals surface area (Å²) in [6.45, 7) is 0.439. The molecule has 0 saturated heterocycles. The third kappa shape index (κ3) is 3.46. The topological polar surface area (TPSA) is 54.0 Å². The van der Waals surface area contributed by atoms with Crippen molar-refractivity contribution in [3.63, 3.8) is 0 Å². The first-order valence-electron chi connectivity index (χ1n) is 8.16. The predicted molar refractivity (Wildman–Crippen MR) is 93.0 cm³/mol. The standard InChI is InChI=1S/C20H22O5/c1-22-15-8-4-6-13(10-15)19-17(11-18(21)24-3)25-12-14-7-5-9-16(23-2)20(14)19/h4-10,17,19H,11-12H2,1-3H3/t17-,19-/m0/s1. The van der Waals surface area contributed by atoms with Crippen molar-refractivity contribution in [1.82, 2.24) is 0 Å². The van der Waals surface area contributed by atoms with Crippen LogP contribution in [0.2, 0.25) is 0 Å². The van der Waals surface area contributed by atoms with Crippen molar-refractivity contribution in [3.8, 4) is 11.5 Å². The Balaban J connectivity index is 2.11. The molecule has 0 unspecified atom stereocenters. The van der Waals surface area contributed by atoms with E-state index in [1.54, 1.807) is 14.2 Å². The minimum atomic E-state index is -0.330. The Kier molecular flexibility index (Phi) is 5.24. The van der Waals surface area contributed by atoms with Crippen LogP contribution in [-0.4, -0.2) is 33.4 Å². The molecule has 0 aliphatic carbocycles. The molecule has 0 aromatic heterocycles. The number of esters is 1. The van der Waals surface area contributed by atoms with Gasteiger partial charge >= 0.3 is 5.97 Å². The summed E-state index contributed by atoms with van der Waals surface area (Å²) in [5, 5.41) is 0. The second kappa shape index (κ2) is 7.57. The van der Waals surface area contributed by atoms with Gasteiger partial charge in [-0.15, -0.1) is 0 Å². The summed E-state index contributed by atoms with van der Waals surface area (Å²) in [6.07, 6.45) is -0.154. The van der Waals surface area contributed by atoms with E-state index < -0.39 is 0 Å². The molecule has 5 heteroatoms. The average Bonchev–Trinajstić information content (AvgIpc) is 2.67. The van der Waals surface area contributed by atoms with E-state index in [9.17, 15) is 4.79 Å². The van der Waals surface area contributed by atoms with Crippen LogP contribution in [-0.2, 0) is 20.9 Å². The van der Waals surface area contributed by atoms with E-state index in [0.29, 0.717) is 6.61 Å². The Bertz CT molecular complexity index is 741. The molecule has 3 rings (SSSR count). The molecule has 0 radical (unpaired) electrons. The Labute approximate surface area is 147 Å². The van der Waals surface area contributed by atoms with Crippen molar-refractivity contribution in [2.75, 3.05) is 21.3 Å². The number of carbonyl (C=O) groups excluding carboxylic acids is 1. The zero-order valence-corrected chi connectivity index (χ0v) is 14.7. The van der Waals surface area contributed by atoms with Crippen LogP contribution >= 0.6 is 0 Å². The molecular formula is C20H22O5. The summed E-state index contributed by atoms with van der Waals surface area (Å²) in [6, 6.07) is 13.7. The molecule has 0 amide bonds. The van der Waals surface area contributed by atoms with Gasteiger partial charge in [-0.05, 0) is 29.3 Å². The van der Waals surface area contributed by atoms with Crippen molar-refractivity contribution in [3.05, 3.63) is 59.2 Å². The van der Waals surface area contributed by atoms with Gasteiger partial charge in [0.15, 0.2) is 0 Å². The van der Waals surface area contributed by atoms with Gasteiger partial charge in [-0.25, -0.2) is 0 Å².